The van der Waals surface area contributed by atoms with Crippen molar-refractivity contribution < 1.29 is 4.74 Å². The number of nitrogens with one attached hydrogen (secondary N) is 1. The molecule has 0 atom stereocenters. The summed E-state index contributed by atoms with van der Waals surface area (Å²) in [6.07, 6.45) is 0. The molecule has 0 unspecified atom stereocenters. The van der Waals surface area contributed by atoms with Gasteiger partial charge in [-0.15, -0.1) is 0 Å². The summed E-state index contributed by atoms with van der Waals surface area (Å²) in [4.78, 5) is 0. The molecule has 0 heterocycles. The van der Waals surface area contributed by atoms with E-state index < -0.39 is 0 Å². The molecule has 0 bridgehead atoms. The van der Waals surface area contributed by atoms with Crippen molar-refractivity contribution in [2.75, 3.05) is 6.54 Å². The Labute approximate surface area is 136 Å². The van der Waals surface area contributed by atoms with Crippen LogP contribution >= 0.6 is 31.9 Å². The molecule has 1 N–H and O–H groups in total. The van der Waals surface area contributed by atoms with Crippen molar-refractivity contribution in [2.45, 2.75) is 20.4 Å². The third-order valence-electron chi connectivity index (χ3n) is 3.00. The van der Waals surface area contributed by atoms with Gasteiger partial charge in [-0.05, 0) is 70.9 Å². The molecule has 4 heteroatoms. The quantitative estimate of drug-likeness (QED) is 0.725. The average molecular weight is 399 g/mol. The third kappa shape index (κ3) is 4.08. The highest BCUT2D eigenvalue weighted by Gasteiger charge is 2.05. The first-order chi connectivity index (χ1) is 9.60. The van der Waals surface area contributed by atoms with E-state index in [0.29, 0.717) is 0 Å². The highest BCUT2D eigenvalue weighted by atomic mass is 79.9. The van der Waals surface area contributed by atoms with Crippen LogP contribution in [-0.2, 0) is 6.54 Å². The number of benzene rings is 2. The molecule has 0 aliphatic rings. The van der Waals surface area contributed by atoms with Crippen LogP contribution in [0.2, 0.25) is 0 Å². The number of aryl methyl sites for hydroxylation is 1. The zero-order chi connectivity index (χ0) is 14.5. The average Bonchev–Trinajstić information content (AvgIpc) is 2.41. The minimum atomic E-state index is 0.812. The summed E-state index contributed by atoms with van der Waals surface area (Å²) in [6, 6.07) is 12.1. The maximum absolute atomic E-state index is 5.92. The lowest BCUT2D eigenvalue weighted by atomic mass is 10.1. The number of hydrogen-bond donors (Lipinski definition) is 1. The van der Waals surface area contributed by atoms with Crippen molar-refractivity contribution in [2.24, 2.45) is 0 Å². The van der Waals surface area contributed by atoms with Crippen LogP contribution in [0, 0.1) is 6.92 Å². The Morgan fingerprint density at radius 1 is 1.10 bits per heavy atom. The van der Waals surface area contributed by atoms with Crippen LogP contribution in [0.1, 0.15) is 18.1 Å². The van der Waals surface area contributed by atoms with Crippen LogP contribution in [0.25, 0.3) is 0 Å². The van der Waals surface area contributed by atoms with Gasteiger partial charge in [0.2, 0.25) is 0 Å². The Bertz CT molecular complexity index is 599. The number of rotatable bonds is 5. The van der Waals surface area contributed by atoms with Crippen molar-refractivity contribution in [1.82, 2.24) is 5.32 Å². The van der Waals surface area contributed by atoms with Crippen LogP contribution in [0.5, 0.6) is 11.5 Å². The van der Waals surface area contributed by atoms with Crippen LogP contribution < -0.4 is 10.1 Å². The van der Waals surface area contributed by atoms with Gasteiger partial charge in [0, 0.05) is 11.0 Å². The monoisotopic (exact) mass is 397 g/mol. The third-order valence-corrected chi connectivity index (χ3v) is 4.11. The molecule has 0 saturated carbocycles. The molecule has 0 amide bonds. The summed E-state index contributed by atoms with van der Waals surface area (Å²) in [5, 5.41) is 3.34. The van der Waals surface area contributed by atoms with Crippen LogP contribution in [-0.4, -0.2) is 6.54 Å². The summed E-state index contributed by atoms with van der Waals surface area (Å²) in [5.41, 5.74) is 2.53. The van der Waals surface area contributed by atoms with Crippen molar-refractivity contribution >= 4 is 31.9 Å². The Hall–Kier alpha value is -0.840. The maximum atomic E-state index is 5.92. The van der Waals surface area contributed by atoms with Crippen molar-refractivity contribution in [3.05, 3.63) is 56.5 Å². The Kier molecular flexibility index (Phi) is 5.64. The van der Waals surface area contributed by atoms with E-state index in [1.54, 1.807) is 0 Å². The second-order valence-electron chi connectivity index (χ2n) is 4.55. The summed E-state index contributed by atoms with van der Waals surface area (Å²) < 4.78 is 7.87. The van der Waals surface area contributed by atoms with Gasteiger partial charge in [0.15, 0.2) is 0 Å². The predicted octanol–water partition coefficient (Wildman–Crippen LogP) is 5.42. The number of halogens is 2. The lowest BCUT2D eigenvalue weighted by Gasteiger charge is -2.11. The maximum Gasteiger partial charge on any atom is 0.141 e. The molecular formula is C16H17Br2NO. The smallest absolute Gasteiger partial charge is 0.141 e. The van der Waals surface area contributed by atoms with E-state index in [1.165, 1.54) is 11.1 Å². The SMILES string of the molecule is CCNCc1ccc(Oc2ccc(Br)cc2Br)cc1C. The summed E-state index contributed by atoms with van der Waals surface area (Å²) in [7, 11) is 0. The van der Waals surface area contributed by atoms with Gasteiger partial charge >= 0.3 is 0 Å². The molecular weight excluding hydrogens is 382 g/mol. The van der Waals surface area contributed by atoms with E-state index in [2.05, 4.69) is 63.2 Å². The van der Waals surface area contributed by atoms with E-state index in [0.717, 1.165) is 33.5 Å². The standard InChI is InChI=1S/C16H17Br2NO/c1-3-19-10-12-4-6-14(8-11(12)2)20-16-7-5-13(17)9-15(16)18/h4-9,19H,3,10H2,1-2H3. The molecule has 2 aromatic rings. The van der Waals surface area contributed by atoms with Gasteiger partial charge in [-0.25, -0.2) is 0 Å². The second kappa shape index (κ2) is 7.25. The first-order valence-electron chi connectivity index (χ1n) is 6.53. The van der Waals surface area contributed by atoms with E-state index in [9.17, 15) is 0 Å². The fraction of sp³-hybridized carbons (Fsp3) is 0.250. The van der Waals surface area contributed by atoms with Gasteiger partial charge in [-0.3, -0.25) is 0 Å². The van der Waals surface area contributed by atoms with Gasteiger partial charge in [0.25, 0.3) is 0 Å². The Morgan fingerprint density at radius 2 is 1.90 bits per heavy atom. The fourth-order valence-corrected chi connectivity index (χ4v) is 3.00. The summed E-state index contributed by atoms with van der Waals surface area (Å²) in [5.74, 6) is 1.66. The van der Waals surface area contributed by atoms with Gasteiger partial charge < -0.3 is 10.1 Å². The van der Waals surface area contributed by atoms with Crippen LogP contribution in [0.4, 0.5) is 0 Å². The molecule has 2 rings (SSSR count). The molecule has 0 radical (unpaired) electrons. The molecule has 106 valence electrons. The molecule has 0 aliphatic carbocycles. The van der Waals surface area contributed by atoms with Gasteiger partial charge in [0.1, 0.15) is 11.5 Å². The molecule has 0 saturated heterocycles. The lowest BCUT2D eigenvalue weighted by Crippen LogP contribution is -2.12. The Balaban J connectivity index is 2.15. The lowest BCUT2D eigenvalue weighted by molar-refractivity contribution is 0.478. The van der Waals surface area contributed by atoms with E-state index >= 15 is 0 Å². The van der Waals surface area contributed by atoms with E-state index in [4.69, 9.17) is 4.74 Å². The molecule has 0 fully saturated rings. The van der Waals surface area contributed by atoms with Crippen molar-refractivity contribution in [3.63, 3.8) is 0 Å². The highest BCUT2D eigenvalue weighted by molar-refractivity contribution is 9.11. The molecule has 0 spiro atoms. The van der Waals surface area contributed by atoms with Gasteiger partial charge in [-0.1, -0.05) is 28.9 Å². The summed E-state index contributed by atoms with van der Waals surface area (Å²) >= 11 is 6.94. The fourth-order valence-electron chi connectivity index (χ4n) is 1.87. The zero-order valence-electron chi connectivity index (χ0n) is 11.5. The van der Waals surface area contributed by atoms with Crippen LogP contribution in [0.15, 0.2) is 45.3 Å². The zero-order valence-corrected chi connectivity index (χ0v) is 14.7. The normalized spacial score (nSPS) is 10.6. The molecule has 2 aromatic carbocycles. The number of hydrogen-bond acceptors (Lipinski definition) is 2. The largest absolute Gasteiger partial charge is 0.456 e. The molecule has 20 heavy (non-hydrogen) atoms. The predicted molar refractivity (Wildman–Crippen MR) is 90.5 cm³/mol. The topological polar surface area (TPSA) is 21.3 Å². The van der Waals surface area contributed by atoms with Crippen molar-refractivity contribution in [3.8, 4) is 11.5 Å². The number of ether oxygens (including phenoxy) is 1. The van der Waals surface area contributed by atoms with Crippen LogP contribution in [0.3, 0.4) is 0 Å². The molecule has 0 aromatic heterocycles. The Morgan fingerprint density at radius 3 is 2.55 bits per heavy atom. The molecule has 0 aliphatic heterocycles. The first kappa shape index (κ1) is 15.5. The minimum Gasteiger partial charge on any atom is -0.456 e. The van der Waals surface area contributed by atoms with E-state index in [1.807, 2.05) is 24.3 Å². The highest BCUT2D eigenvalue weighted by Crippen LogP contribution is 2.32. The first-order valence-corrected chi connectivity index (χ1v) is 8.12. The van der Waals surface area contributed by atoms with Gasteiger partial charge in [0.05, 0.1) is 4.47 Å². The summed E-state index contributed by atoms with van der Waals surface area (Å²) in [6.45, 7) is 6.09. The van der Waals surface area contributed by atoms with E-state index in [-0.39, 0.29) is 0 Å². The van der Waals surface area contributed by atoms with Gasteiger partial charge in [-0.2, -0.15) is 0 Å². The second-order valence-corrected chi connectivity index (χ2v) is 6.32. The molecule has 2 nitrogen and oxygen atoms in total. The minimum absolute atomic E-state index is 0.812. The van der Waals surface area contributed by atoms with Crippen molar-refractivity contribution in [1.29, 1.82) is 0 Å².